The molecular weight excluding hydrogens is 206 g/mol. The number of rotatable bonds is 3. The Bertz CT molecular complexity index is 268. The first-order valence-electron chi connectivity index (χ1n) is 5.77. The first kappa shape index (κ1) is 13.0. The average Bonchev–Trinajstić information content (AvgIpc) is 2.26. The summed E-state index contributed by atoms with van der Waals surface area (Å²) in [4.78, 5) is 24.2. The van der Waals surface area contributed by atoms with Crippen molar-refractivity contribution in [1.82, 2.24) is 10.2 Å². The lowest BCUT2D eigenvalue weighted by atomic mass is 9.87. The molecule has 5 heteroatoms. The first-order valence-corrected chi connectivity index (χ1v) is 5.77. The van der Waals surface area contributed by atoms with E-state index in [1.54, 1.807) is 4.90 Å². The molecule has 1 aliphatic heterocycles. The van der Waals surface area contributed by atoms with Gasteiger partial charge in [0.1, 0.15) is 0 Å². The minimum atomic E-state index is -0.172. The highest BCUT2D eigenvalue weighted by molar-refractivity contribution is 5.83. The highest BCUT2D eigenvalue weighted by atomic mass is 16.2. The topological polar surface area (TPSA) is 75.4 Å². The molecule has 1 aliphatic rings. The molecule has 0 aromatic heterocycles. The number of nitrogens with zero attached hydrogens (tertiary/aromatic N) is 1. The smallest absolute Gasteiger partial charge is 0.241 e. The number of likely N-dealkylation sites (tertiary alicyclic amines) is 1. The third kappa shape index (κ3) is 3.48. The molecular formula is C11H21N3O2. The molecule has 0 bridgehead atoms. The van der Waals surface area contributed by atoms with Crippen molar-refractivity contribution < 1.29 is 9.59 Å². The van der Waals surface area contributed by atoms with Gasteiger partial charge in [0.2, 0.25) is 11.8 Å². The van der Waals surface area contributed by atoms with Gasteiger partial charge in [-0.3, -0.25) is 9.59 Å². The maximum atomic E-state index is 11.7. The van der Waals surface area contributed by atoms with E-state index >= 15 is 0 Å². The standard InChI is InChI=1S/C11H21N3O2/c1-8-3-4-14(7-10(8)5-12)11(16)6-13-9(2)15/h8,10H,3-7,12H2,1-2H3,(H,13,15). The van der Waals surface area contributed by atoms with Crippen molar-refractivity contribution in [1.29, 1.82) is 0 Å². The van der Waals surface area contributed by atoms with Crippen LogP contribution in [0.1, 0.15) is 20.3 Å². The van der Waals surface area contributed by atoms with E-state index in [-0.39, 0.29) is 18.4 Å². The van der Waals surface area contributed by atoms with Gasteiger partial charge in [-0.05, 0) is 24.8 Å². The summed E-state index contributed by atoms with van der Waals surface area (Å²) < 4.78 is 0. The SMILES string of the molecule is CC(=O)NCC(=O)N1CCC(C)C(CN)C1. The second-order valence-corrected chi connectivity index (χ2v) is 4.51. The quantitative estimate of drug-likeness (QED) is 0.686. The first-order chi connectivity index (χ1) is 7.54. The van der Waals surface area contributed by atoms with Gasteiger partial charge >= 0.3 is 0 Å². The molecule has 92 valence electrons. The van der Waals surface area contributed by atoms with E-state index in [4.69, 9.17) is 5.73 Å². The molecule has 0 saturated carbocycles. The lowest BCUT2D eigenvalue weighted by Gasteiger charge is -2.36. The fourth-order valence-electron chi connectivity index (χ4n) is 1.99. The lowest BCUT2D eigenvalue weighted by Crippen LogP contribution is -2.48. The van der Waals surface area contributed by atoms with E-state index in [9.17, 15) is 9.59 Å². The Labute approximate surface area is 96.4 Å². The zero-order valence-corrected chi connectivity index (χ0v) is 10.0. The van der Waals surface area contributed by atoms with Crippen LogP contribution in [0.25, 0.3) is 0 Å². The normalized spacial score (nSPS) is 25.3. The molecule has 1 rings (SSSR count). The Kier molecular flexibility index (Phi) is 4.73. The Morgan fingerprint density at radius 3 is 2.75 bits per heavy atom. The zero-order valence-electron chi connectivity index (χ0n) is 10.0. The van der Waals surface area contributed by atoms with Crippen molar-refractivity contribution in [3.8, 4) is 0 Å². The van der Waals surface area contributed by atoms with Crippen molar-refractivity contribution >= 4 is 11.8 Å². The van der Waals surface area contributed by atoms with Crippen LogP contribution < -0.4 is 11.1 Å². The molecule has 1 fully saturated rings. The van der Waals surface area contributed by atoms with Crippen LogP contribution in [0, 0.1) is 11.8 Å². The van der Waals surface area contributed by atoms with E-state index in [0.29, 0.717) is 18.4 Å². The number of carbonyl (C=O) groups excluding carboxylic acids is 2. The minimum absolute atomic E-state index is 0.0134. The summed E-state index contributed by atoms with van der Waals surface area (Å²) in [5.74, 6) is 0.777. The summed E-state index contributed by atoms with van der Waals surface area (Å²) in [6.07, 6.45) is 0.994. The molecule has 3 N–H and O–H groups in total. The van der Waals surface area contributed by atoms with Crippen LogP contribution in [0.5, 0.6) is 0 Å². The van der Waals surface area contributed by atoms with Gasteiger partial charge in [-0.2, -0.15) is 0 Å². The van der Waals surface area contributed by atoms with Crippen molar-refractivity contribution in [2.45, 2.75) is 20.3 Å². The largest absolute Gasteiger partial charge is 0.347 e. The van der Waals surface area contributed by atoms with Gasteiger partial charge in [0, 0.05) is 20.0 Å². The predicted octanol–water partition coefficient (Wildman–Crippen LogP) is -0.434. The van der Waals surface area contributed by atoms with Crippen molar-refractivity contribution in [2.24, 2.45) is 17.6 Å². The van der Waals surface area contributed by atoms with E-state index in [0.717, 1.165) is 19.5 Å². The second kappa shape index (κ2) is 5.84. The van der Waals surface area contributed by atoms with E-state index in [1.807, 2.05) is 0 Å². The number of nitrogens with one attached hydrogen (secondary N) is 1. The number of hydrogen-bond acceptors (Lipinski definition) is 3. The maximum absolute atomic E-state index is 11.7. The van der Waals surface area contributed by atoms with Gasteiger partial charge < -0.3 is 16.0 Å². The van der Waals surface area contributed by atoms with E-state index in [2.05, 4.69) is 12.2 Å². The molecule has 2 atom stereocenters. The molecule has 0 aromatic rings. The second-order valence-electron chi connectivity index (χ2n) is 4.51. The fourth-order valence-corrected chi connectivity index (χ4v) is 1.99. The van der Waals surface area contributed by atoms with E-state index in [1.165, 1.54) is 6.92 Å². The molecule has 0 radical (unpaired) electrons. The molecule has 2 amide bonds. The van der Waals surface area contributed by atoms with Gasteiger partial charge in [-0.25, -0.2) is 0 Å². The molecule has 0 aromatic carbocycles. The van der Waals surface area contributed by atoms with Crippen LogP contribution in [-0.4, -0.2) is 42.9 Å². The average molecular weight is 227 g/mol. The summed E-state index contributed by atoms with van der Waals surface area (Å²) in [6.45, 7) is 5.79. The maximum Gasteiger partial charge on any atom is 0.241 e. The van der Waals surface area contributed by atoms with Gasteiger partial charge in [-0.15, -0.1) is 0 Å². The van der Waals surface area contributed by atoms with Crippen LogP contribution in [-0.2, 0) is 9.59 Å². The number of carbonyl (C=O) groups is 2. The number of hydrogen-bond donors (Lipinski definition) is 2. The Balaban J connectivity index is 2.42. The van der Waals surface area contributed by atoms with Crippen LogP contribution in [0.2, 0.25) is 0 Å². The molecule has 1 saturated heterocycles. The van der Waals surface area contributed by atoms with Crippen LogP contribution in [0.15, 0.2) is 0 Å². The summed E-state index contributed by atoms with van der Waals surface area (Å²) in [5, 5.41) is 2.53. The third-order valence-electron chi connectivity index (χ3n) is 3.26. The highest BCUT2D eigenvalue weighted by Gasteiger charge is 2.27. The zero-order chi connectivity index (χ0) is 12.1. The molecule has 16 heavy (non-hydrogen) atoms. The fraction of sp³-hybridized carbons (Fsp3) is 0.818. The Hall–Kier alpha value is -1.10. The van der Waals surface area contributed by atoms with Gasteiger partial charge in [0.25, 0.3) is 0 Å². The Morgan fingerprint density at radius 1 is 1.50 bits per heavy atom. The summed E-state index contributed by atoms with van der Waals surface area (Å²) >= 11 is 0. The molecule has 5 nitrogen and oxygen atoms in total. The summed E-state index contributed by atoms with van der Waals surface area (Å²) in [5.41, 5.74) is 5.67. The van der Waals surface area contributed by atoms with Gasteiger partial charge in [0.05, 0.1) is 6.54 Å². The molecule has 2 unspecified atom stereocenters. The predicted molar refractivity (Wildman–Crippen MR) is 61.6 cm³/mol. The van der Waals surface area contributed by atoms with Crippen LogP contribution in [0.4, 0.5) is 0 Å². The Morgan fingerprint density at radius 2 is 2.19 bits per heavy atom. The lowest BCUT2D eigenvalue weighted by molar-refractivity contribution is -0.134. The van der Waals surface area contributed by atoms with Crippen molar-refractivity contribution in [2.75, 3.05) is 26.2 Å². The number of piperidine rings is 1. The van der Waals surface area contributed by atoms with Crippen LogP contribution >= 0.6 is 0 Å². The summed E-state index contributed by atoms with van der Waals surface area (Å²) in [7, 11) is 0. The number of nitrogens with two attached hydrogens (primary N) is 1. The van der Waals surface area contributed by atoms with Crippen molar-refractivity contribution in [3.05, 3.63) is 0 Å². The van der Waals surface area contributed by atoms with Crippen molar-refractivity contribution in [3.63, 3.8) is 0 Å². The van der Waals surface area contributed by atoms with Gasteiger partial charge in [-0.1, -0.05) is 6.92 Å². The van der Waals surface area contributed by atoms with Gasteiger partial charge in [0.15, 0.2) is 0 Å². The minimum Gasteiger partial charge on any atom is -0.347 e. The van der Waals surface area contributed by atoms with E-state index < -0.39 is 0 Å². The number of amides is 2. The third-order valence-corrected chi connectivity index (χ3v) is 3.26. The van der Waals surface area contributed by atoms with Crippen LogP contribution in [0.3, 0.4) is 0 Å². The molecule has 1 heterocycles. The molecule has 0 spiro atoms. The monoisotopic (exact) mass is 227 g/mol. The highest BCUT2D eigenvalue weighted by Crippen LogP contribution is 2.21. The summed E-state index contributed by atoms with van der Waals surface area (Å²) in [6, 6.07) is 0. The molecule has 0 aliphatic carbocycles.